The molecule has 4 heteroatoms. The molecule has 0 aliphatic carbocycles. The number of para-hydroxylation sites is 1. The molecule has 1 unspecified atom stereocenters. The molecule has 0 radical (unpaired) electrons. The van der Waals surface area contributed by atoms with Crippen LogP contribution in [0.5, 0.6) is 0 Å². The number of carbonyl (C=O) groups is 2. The summed E-state index contributed by atoms with van der Waals surface area (Å²) in [6, 6.07) is 18.2. The first kappa shape index (κ1) is 14.8. The summed E-state index contributed by atoms with van der Waals surface area (Å²) in [5.74, 6) is -1.66. The Morgan fingerprint density at radius 3 is 2.05 bits per heavy atom. The van der Waals surface area contributed by atoms with Gasteiger partial charge < -0.3 is 10.0 Å². The first-order chi connectivity index (χ1) is 10.1. The van der Waals surface area contributed by atoms with E-state index in [-0.39, 0.29) is 12.5 Å². The van der Waals surface area contributed by atoms with Crippen molar-refractivity contribution in [1.29, 1.82) is 0 Å². The van der Waals surface area contributed by atoms with Gasteiger partial charge in [0.2, 0.25) is 5.91 Å². The van der Waals surface area contributed by atoms with E-state index < -0.39 is 11.9 Å². The summed E-state index contributed by atoms with van der Waals surface area (Å²) in [6.45, 7) is 1.44. The van der Waals surface area contributed by atoms with Crippen LogP contribution in [0.4, 0.5) is 5.69 Å². The molecule has 0 aliphatic rings. The van der Waals surface area contributed by atoms with E-state index in [0.29, 0.717) is 5.69 Å². The third kappa shape index (κ3) is 3.69. The molecule has 0 aromatic heterocycles. The smallest absolute Gasteiger partial charge is 0.323 e. The fourth-order valence-electron chi connectivity index (χ4n) is 2.16. The predicted molar refractivity (Wildman–Crippen MR) is 81.3 cm³/mol. The van der Waals surface area contributed by atoms with Crippen LogP contribution in [0.1, 0.15) is 18.4 Å². The number of carboxylic acid groups (broad SMARTS) is 1. The Morgan fingerprint density at radius 2 is 1.52 bits per heavy atom. The maximum Gasteiger partial charge on any atom is 0.323 e. The van der Waals surface area contributed by atoms with Gasteiger partial charge in [-0.2, -0.15) is 0 Å². The Morgan fingerprint density at radius 1 is 1.00 bits per heavy atom. The molecule has 2 aromatic carbocycles. The van der Waals surface area contributed by atoms with Crippen molar-refractivity contribution >= 4 is 17.6 Å². The molecule has 0 bridgehead atoms. The van der Waals surface area contributed by atoms with Gasteiger partial charge >= 0.3 is 5.97 Å². The van der Waals surface area contributed by atoms with Crippen LogP contribution in [0.25, 0.3) is 0 Å². The molecule has 108 valence electrons. The number of benzene rings is 2. The molecule has 1 amide bonds. The molecule has 0 fully saturated rings. The van der Waals surface area contributed by atoms with Crippen LogP contribution >= 0.6 is 0 Å². The van der Waals surface area contributed by atoms with Crippen LogP contribution in [0, 0.1) is 0 Å². The third-order valence-corrected chi connectivity index (χ3v) is 3.30. The number of carbonyl (C=O) groups excluding carboxylic acids is 1. The van der Waals surface area contributed by atoms with E-state index in [1.54, 1.807) is 31.2 Å². The number of nitrogens with zero attached hydrogens (tertiary/aromatic N) is 1. The number of carboxylic acids is 1. The van der Waals surface area contributed by atoms with Crippen LogP contribution in [0.3, 0.4) is 0 Å². The lowest BCUT2D eigenvalue weighted by Gasteiger charge is -2.24. The summed E-state index contributed by atoms with van der Waals surface area (Å²) in [4.78, 5) is 25.0. The maximum absolute atomic E-state index is 12.6. The Balaban J connectivity index is 2.28. The van der Waals surface area contributed by atoms with Crippen molar-refractivity contribution in [1.82, 2.24) is 0 Å². The number of aliphatic carboxylic acids is 1. The van der Waals surface area contributed by atoms with Gasteiger partial charge in [0, 0.05) is 5.69 Å². The number of anilines is 1. The van der Waals surface area contributed by atoms with Gasteiger partial charge in [-0.05, 0) is 24.6 Å². The van der Waals surface area contributed by atoms with Crippen molar-refractivity contribution < 1.29 is 14.7 Å². The molecular formula is C17H17NO3. The Kier molecular flexibility index (Phi) is 4.72. The summed E-state index contributed by atoms with van der Waals surface area (Å²) >= 11 is 0. The monoisotopic (exact) mass is 283 g/mol. The summed E-state index contributed by atoms with van der Waals surface area (Å²) in [5, 5.41) is 9.05. The standard InChI is InChI=1S/C17H17NO3/c1-13(14-8-4-2-5-9-14)17(21)18(12-16(19)20)15-10-6-3-7-11-15/h2-11,13H,12H2,1H3,(H,19,20). The zero-order valence-corrected chi connectivity index (χ0v) is 11.8. The van der Waals surface area contributed by atoms with Crippen LogP contribution in [0.15, 0.2) is 60.7 Å². The average molecular weight is 283 g/mol. The average Bonchev–Trinajstić information content (AvgIpc) is 2.53. The SMILES string of the molecule is CC(C(=O)N(CC(=O)O)c1ccccc1)c1ccccc1. The second-order valence-electron chi connectivity index (χ2n) is 4.79. The lowest BCUT2D eigenvalue weighted by atomic mass is 9.99. The highest BCUT2D eigenvalue weighted by Gasteiger charge is 2.24. The van der Waals surface area contributed by atoms with E-state index in [0.717, 1.165) is 5.56 Å². The van der Waals surface area contributed by atoms with E-state index >= 15 is 0 Å². The Hall–Kier alpha value is -2.62. The highest BCUT2D eigenvalue weighted by molar-refractivity contribution is 6.00. The van der Waals surface area contributed by atoms with Crippen LogP contribution < -0.4 is 4.90 Å². The highest BCUT2D eigenvalue weighted by atomic mass is 16.4. The number of amides is 1. The minimum atomic E-state index is -1.03. The zero-order chi connectivity index (χ0) is 15.2. The Labute approximate surface area is 123 Å². The first-order valence-electron chi connectivity index (χ1n) is 6.72. The number of rotatable bonds is 5. The fraction of sp³-hybridized carbons (Fsp3) is 0.176. The minimum absolute atomic E-state index is 0.227. The van der Waals surface area contributed by atoms with Crippen LogP contribution in [-0.2, 0) is 9.59 Å². The van der Waals surface area contributed by atoms with Gasteiger partial charge in [-0.25, -0.2) is 0 Å². The van der Waals surface area contributed by atoms with Gasteiger partial charge in [-0.3, -0.25) is 9.59 Å². The summed E-state index contributed by atoms with van der Waals surface area (Å²) in [5.41, 5.74) is 1.46. The van der Waals surface area contributed by atoms with Crippen LogP contribution in [-0.4, -0.2) is 23.5 Å². The van der Waals surface area contributed by atoms with Gasteiger partial charge in [0.05, 0.1) is 5.92 Å². The summed E-state index contributed by atoms with van der Waals surface area (Å²) in [6.07, 6.45) is 0. The molecule has 2 rings (SSSR count). The number of hydrogen-bond acceptors (Lipinski definition) is 2. The van der Waals surface area contributed by atoms with E-state index in [1.165, 1.54) is 4.90 Å². The summed E-state index contributed by atoms with van der Waals surface area (Å²) in [7, 11) is 0. The number of hydrogen-bond donors (Lipinski definition) is 1. The van der Waals surface area contributed by atoms with E-state index in [4.69, 9.17) is 5.11 Å². The molecule has 4 nitrogen and oxygen atoms in total. The van der Waals surface area contributed by atoms with Gasteiger partial charge in [0.1, 0.15) is 6.54 Å². The lowest BCUT2D eigenvalue weighted by molar-refractivity contribution is -0.136. The van der Waals surface area contributed by atoms with Crippen LogP contribution in [0.2, 0.25) is 0 Å². The summed E-state index contributed by atoms with van der Waals surface area (Å²) < 4.78 is 0. The normalized spacial score (nSPS) is 11.7. The van der Waals surface area contributed by atoms with Gasteiger partial charge in [-0.15, -0.1) is 0 Å². The highest BCUT2D eigenvalue weighted by Crippen LogP contribution is 2.22. The van der Waals surface area contributed by atoms with Crippen molar-refractivity contribution in [2.75, 3.05) is 11.4 Å². The molecule has 1 atom stereocenters. The predicted octanol–water partition coefficient (Wildman–Crippen LogP) is 2.91. The topological polar surface area (TPSA) is 57.6 Å². The van der Waals surface area contributed by atoms with Crippen molar-refractivity contribution in [3.05, 3.63) is 66.2 Å². The Bertz CT molecular complexity index is 610. The largest absolute Gasteiger partial charge is 0.480 e. The van der Waals surface area contributed by atoms with Crippen molar-refractivity contribution in [2.24, 2.45) is 0 Å². The molecule has 1 N–H and O–H groups in total. The molecule has 0 spiro atoms. The molecule has 21 heavy (non-hydrogen) atoms. The minimum Gasteiger partial charge on any atom is -0.480 e. The molecule has 0 aliphatic heterocycles. The van der Waals surface area contributed by atoms with Crippen molar-refractivity contribution in [2.45, 2.75) is 12.8 Å². The van der Waals surface area contributed by atoms with Gasteiger partial charge in [-0.1, -0.05) is 48.5 Å². The molecular weight excluding hydrogens is 266 g/mol. The molecule has 0 saturated heterocycles. The maximum atomic E-state index is 12.6. The third-order valence-electron chi connectivity index (χ3n) is 3.30. The van der Waals surface area contributed by atoms with Crippen molar-refractivity contribution in [3.63, 3.8) is 0 Å². The fourth-order valence-corrected chi connectivity index (χ4v) is 2.16. The van der Waals surface area contributed by atoms with Crippen molar-refractivity contribution in [3.8, 4) is 0 Å². The van der Waals surface area contributed by atoms with Gasteiger partial charge in [0.15, 0.2) is 0 Å². The second-order valence-corrected chi connectivity index (χ2v) is 4.79. The quantitative estimate of drug-likeness (QED) is 0.918. The molecule has 2 aromatic rings. The van der Waals surface area contributed by atoms with E-state index in [9.17, 15) is 9.59 Å². The molecule has 0 saturated carbocycles. The first-order valence-corrected chi connectivity index (χ1v) is 6.72. The van der Waals surface area contributed by atoms with E-state index in [1.807, 2.05) is 36.4 Å². The van der Waals surface area contributed by atoms with Gasteiger partial charge in [0.25, 0.3) is 0 Å². The second kappa shape index (κ2) is 6.70. The lowest BCUT2D eigenvalue weighted by Crippen LogP contribution is -2.38. The zero-order valence-electron chi connectivity index (χ0n) is 11.8. The van der Waals surface area contributed by atoms with E-state index in [2.05, 4.69) is 0 Å². The molecule has 0 heterocycles.